The van der Waals surface area contributed by atoms with Gasteiger partial charge in [0.15, 0.2) is 5.96 Å². The Morgan fingerprint density at radius 3 is 2.81 bits per heavy atom. The summed E-state index contributed by atoms with van der Waals surface area (Å²) in [6, 6.07) is 8.87. The normalized spacial score (nSPS) is 21.9. The Hall–Kier alpha value is -1.63. The fourth-order valence-corrected chi connectivity index (χ4v) is 4.88. The van der Waals surface area contributed by atoms with Crippen LogP contribution < -0.4 is 10.6 Å². The number of guanidine groups is 1. The maximum Gasteiger partial charge on any atom is 0.191 e. The summed E-state index contributed by atoms with van der Waals surface area (Å²) in [7, 11) is 1.85. The molecule has 0 aromatic heterocycles. The van der Waals surface area contributed by atoms with Crippen LogP contribution in [0.5, 0.6) is 0 Å². The van der Waals surface area contributed by atoms with Gasteiger partial charge in [0.05, 0.1) is 12.7 Å². The van der Waals surface area contributed by atoms with Gasteiger partial charge in [-0.2, -0.15) is 0 Å². The second-order valence-electron chi connectivity index (χ2n) is 9.17. The molecule has 1 heterocycles. The lowest BCUT2D eigenvalue weighted by Crippen LogP contribution is -2.43. The molecule has 6 nitrogen and oxygen atoms in total. The molecule has 0 spiro atoms. The molecule has 1 aromatic rings. The minimum absolute atomic E-state index is 0.324. The average molecular weight is 431 g/mol. The first kappa shape index (κ1) is 24.0. The van der Waals surface area contributed by atoms with Crippen LogP contribution in [0.3, 0.4) is 0 Å². The molecule has 3 rings (SSSR count). The van der Waals surface area contributed by atoms with E-state index in [1.807, 2.05) is 7.05 Å². The molecule has 0 amide bonds. The van der Waals surface area contributed by atoms with Crippen molar-refractivity contribution in [3.63, 3.8) is 0 Å². The largest absolute Gasteiger partial charge is 0.382 e. The predicted molar refractivity (Wildman–Crippen MR) is 127 cm³/mol. The van der Waals surface area contributed by atoms with Crippen LogP contribution in [0.1, 0.15) is 57.1 Å². The van der Waals surface area contributed by atoms with Gasteiger partial charge in [0, 0.05) is 53.0 Å². The van der Waals surface area contributed by atoms with Gasteiger partial charge in [0.25, 0.3) is 0 Å². The van der Waals surface area contributed by atoms with Gasteiger partial charge in [-0.3, -0.25) is 9.89 Å². The molecule has 1 aliphatic carbocycles. The summed E-state index contributed by atoms with van der Waals surface area (Å²) in [6.07, 6.45) is 6.68. The number of hydrogen-bond acceptors (Lipinski definition) is 4. The van der Waals surface area contributed by atoms with Gasteiger partial charge < -0.3 is 20.1 Å². The number of aliphatic imine (C=N–C) groups is 1. The van der Waals surface area contributed by atoms with Crippen molar-refractivity contribution < 1.29 is 9.47 Å². The van der Waals surface area contributed by atoms with E-state index in [4.69, 9.17) is 9.47 Å². The quantitative estimate of drug-likeness (QED) is 0.338. The van der Waals surface area contributed by atoms with Crippen LogP contribution in [-0.2, 0) is 22.6 Å². The highest BCUT2D eigenvalue weighted by Crippen LogP contribution is 2.40. The summed E-state index contributed by atoms with van der Waals surface area (Å²) < 4.78 is 11.3. The third kappa shape index (κ3) is 7.78. The number of rotatable bonds is 10. The standard InChI is InChI=1S/C25H42N4O2/c1-4-30-14-12-25(10-5-6-11-25)20-28-24(26-3)27-17-22-8-7-9-23(16-22)19-29-13-15-31-21(2)18-29/h7-9,16,21H,4-6,10-15,17-20H2,1-3H3,(H2,26,27,28). The molecule has 2 fully saturated rings. The fraction of sp³-hybridized carbons (Fsp3) is 0.720. The molecule has 1 unspecified atom stereocenters. The summed E-state index contributed by atoms with van der Waals surface area (Å²) in [5.41, 5.74) is 2.99. The second kappa shape index (κ2) is 12.4. The van der Waals surface area contributed by atoms with Gasteiger partial charge in [0.1, 0.15) is 0 Å². The van der Waals surface area contributed by atoms with E-state index in [-0.39, 0.29) is 0 Å². The van der Waals surface area contributed by atoms with Crippen LogP contribution in [0.4, 0.5) is 0 Å². The average Bonchev–Trinajstić information content (AvgIpc) is 3.23. The summed E-state index contributed by atoms with van der Waals surface area (Å²) in [5, 5.41) is 7.10. The third-order valence-electron chi connectivity index (χ3n) is 6.68. The van der Waals surface area contributed by atoms with Crippen molar-refractivity contribution in [3.8, 4) is 0 Å². The summed E-state index contributed by atoms with van der Waals surface area (Å²) >= 11 is 0. The van der Waals surface area contributed by atoms with Gasteiger partial charge in [-0.1, -0.05) is 37.1 Å². The molecule has 0 radical (unpaired) electrons. The Kier molecular flexibility index (Phi) is 9.62. The van der Waals surface area contributed by atoms with Crippen LogP contribution in [-0.4, -0.2) is 63.5 Å². The Bertz CT molecular complexity index is 688. The van der Waals surface area contributed by atoms with Crippen molar-refractivity contribution in [2.24, 2.45) is 10.4 Å². The van der Waals surface area contributed by atoms with Crippen LogP contribution >= 0.6 is 0 Å². The van der Waals surface area contributed by atoms with E-state index in [0.717, 1.165) is 64.9 Å². The Balaban J connectivity index is 1.47. The maximum atomic E-state index is 5.66. The highest BCUT2D eigenvalue weighted by molar-refractivity contribution is 5.79. The van der Waals surface area contributed by atoms with Crippen molar-refractivity contribution in [1.82, 2.24) is 15.5 Å². The predicted octanol–water partition coefficient (Wildman–Crippen LogP) is 3.56. The molecule has 1 aliphatic heterocycles. The molecule has 1 aromatic carbocycles. The highest BCUT2D eigenvalue weighted by Gasteiger charge is 2.33. The van der Waals surface area contributed by atoms with Gasteiger partial charge in [-0.15, -0.1) is 0 Å². The Morgan fingerprint density at radius 1 is 1.26 bits per heavy atom. The van der Waals surface area contributed by atoms with Crippen molar-refractivity contribution >= 4 is 5.96 Å². The van der Waals surface area contributed by atoms with Crippen molar-refractivity contribution in [2.75, 3.05) is 46.5 Å². The van der Waals surface area contributed by atoms with E-state index in [1.54, 1.807) is 0 Å². The first-order valence-electron chi connectivity index (χ1n) is 12.1. The molecule has 0 bridgehead atoms. The molecular formula is C25H42N4O2. The number of morpholine rings is 1. The molecule has 6 heteroatoms. The smallest absolute Gasteiger partial charge is 0.191 e. The van der Waals surface area contributed by atoms with E-state index >= 15 is 0 Å². The third-order valence-corrected chi connectivity index (χ3v) is 6.68. The number of hydrogen-bond donors (Lipinski definition) is 2. The van der Waals surface area contributed by atoms with Crippen LogP contribution in [0.15, 0.2) is 29.3 Å². The van der Waals surface area contributed by atoms with Gasteiger partial charge >= 0.3 is 0 Å². The highest BCUT2D eigenvalue weighted by atomic mass is 16.5. The number of nitrogens with zero attached hydrogens (tertiary/aromatic N) is 2. The fourth-order valence-electron chi connectivity index (χ4n) is 4.88. The lowest BCUT2D eigenvalue weighted by Gasteiger charge is -2.31. The van der Waals surface area contributed by atoms with E-state index < -0.39 is 0 Å². The second-order valence-corrected chi connectivity index (χ2v) is 9.17. The van der Waals surface area contributed by atoms with Crippen molar-refractivity contribution in [3.05, 3.63) is 35.4 Å². The van der Waals surface area contributed by atoms with Gasteiger partial charge in [-0.05, 0) is 49.7 Å². The monoisotopic (exact) mass is 430 g/mol. The molecule has 1 atom stereocenters. The van der Waals surface area contributed by atoms with Crippen LogP contribution in [0.2, 0.25) is 0 Å². The summed E-state index contributed by atoms with van der Waals surface area (Å²) in [4.78, 5) is 6.93. The molecular weight excluding hydrogens is 388 g/mol. The number of nitrogens with one attached hydrogen (secondary N) is 2. The molecule has 174 valence electrons. The minimum atomic E-state index is 0.324. The summed E-state index contributed by atoms with van der Waals surface area (Å²) in [5.74, 6) is 0.884. The first-order valence-corrected chi connectivity index (χ1v) is 12.1. The van der Waals surface area contributed by atoms with E-state index in [9.17, 15) is 0 Å². The van der Waals surface area contributed by atoms with E-state index in [1.165, 1.54) is 36.8 Å². The van der Waals surface area contributed by atoms with Crippen LogP contribution in [0.25, 0.3) is 0 Å². The molecule has 1 saturated carbocycles. The summed E-state index contributed by atoms with van der Waals surface area (Å²) in [6.45, 7) is 11.5. The Morgan fingerprint density at radius 2 is 2.06 bits per heavy atom. The SMILES string of the molecule is CCOCCC1(CNC(=NC)NCc2cccc(CN3CCOC(C)C3)c2)CCCC1. The zero-order chi connectivity index (χ0) is 21.9. The van der Waals surface area contributed by atoms with E-state index in [2.05, 4.69) is 58.6 Å². The van der Waals surface area contributed by atoms with Gasteiger partial charge in [0.2, 0.25) is 0 Å². The maximum absolute atomic E-state index is 5.66. The number of benzene rings is 1. The van der Waals surface area contributed by atoms with Gasteiger partial charge in [-0.25, -0.2) is 0 Å². The topological polar surface area (TPSA) is 58.1 Å². The molecule has 2 aliphatic rings. The zero-order valence-electron chi connectivity index (χ0n) is 19.8. The molecule has 31 heavy (non-hydrogen) atoms. The lowest BCUT2D eigenvalue weighted by molar-refractivity contribution is -0.0212. The first-order chi connectivity index (χ1) is 15.1. The Labute approximate surface area is 188 Å². The molecule has 2 N–H and O–H groups in total. The van der Waals surface area contributed by atoms with Crippen molar-refractivity contribution in [1.29, 1.82) is 0 Å². The zero-order valence-corrected chi connectivity index (χ0v) is 19.8. The van der Waals surface area contributed by atoms with Crippen molar-refractivity contribution in [2.45, 2.75) is 65.1 Å². The lowest BCUT2D eigenvalue weighted by atomic mass is 9.83. The van der Waals surface area contributed by atoms with E-state index in [0.29, 0.717) is 11.5 Å². The number of ether oxygens (including phenoxy) is 2. The molecule has 1 saturated heterocycles. The van der Waals surface area contributed by atoms with Crippen LogP contribution in [0, 0.1) is 5.41 Å². The minimum Gasteiger partial charge on any atom is -0.382 e.